The highest BCUT2D eigenvalue weighted by molar-refractivity contribution is 6.08. The maximum Gasteiger partial charge on any atom is 0.232 e. The van der Waals surface area contributed by atoms with E-state index in [9.17, 15) is 9.59 Å². The lowest BCUT2D eigenvalue weighted by Gasteiger charge is -2.43. The largest absolute Gasteiger partial charge is 0.497 e. The van der Waals surface area contributed by atoms with Crippen LogP contribution in [0, 0.1) is 5.41 Å². The number of Topliss-reactive ketones (excluding diaryl/α,β-unsaturated/α-hetero) is 1. The summed E-state index contributed by atoms with van der Waals surface area (Å²) in [5, 5.41) is 0. The number of benzene rings is 2. The van der Waals surface area contributed by atoms with Crippen LogP contribution in [0.15, 0.2) is 53.7 Å². The first-order chi connectivity index (χ1) is 15.6. The molecule has 1 aliphatic heterocycles. The molecule has 0 saturated carbocycles. The van der Waals surface area contributed by atoms with Gasteiger partial charge in [-0.25, -0.2) is 0 Å². The first-order valence-electron chi connectivity index (χ1n) is 11.6. The number of ether oxygens (including phenoxy) is 2. The molecule has 2 aromatic rings. The highest BCUT2D eigenvalue weighted by atomic mass is 16.5. The Balaban J connectivity index is 1.87. The standard InChI is InChI=1S/C28H33NO4/c1-17(2)18-7-9-19(10-8-18)23-14-26(31)29(20-11-21(32-5)13-22(12-20)33-6)24-15-28(3,4)16-25(30)27(23)24/h7-13,17,23H,14-16H2,1-6H3. The molecule has 1 unspecified atom stereocenters. The molecule has 5 nitrogen and oxygen atoms in total. The molecule has 0 fully saturated rings. The topological polar surface area (TPSA) is 55.8 Å². The van der Waals surface area contributed by atoms with Crippen molar-refractivity contribution in [2.75, 3.05) is 19.1 Å². The maximum atomic E-state index is 13.6. The van der Waals surface area contributed by atoms with Gasteiger partial charge in [-0.2, -0.15) is 0 Å². The zero-order valence-corrected chi connectivity index (χ0v) is 20.4. The van der Waals surface area contributed by atoms with Gasteiger partial charge in [0.05, 0.1) is 19.9 Å². The van der Waals surface area contributed by atoms with E-state index >= 15 is 0 Å². The van der Waals surface area contributed by atoms with Gasteiger partial charge in [-0.3, -0.25) is 14.5 Å². The monoisotopic (exact) mass is 447 g/mol. The number of ketones is 1. The summed E-state index contributed by atoms with van der Waals surface area (Å²) in [6, 6.07) is 13.8. The number of nitrogens with zero attached hydrogens (tertiary/aromatic N) is 1. The van der Waals surface area contributed by atoms with Crippen LogP contribution >= 0.6 is 0 Å². The molecule has 33 heavy (non-hydrogen) atoms. The number of allylic oxidation sites excluding steroid dienone is 2. The van der Waals surface area contributed by atoms with Crippen LogP contribution in [0.2, 0.25) is 0 Å². The summed E-state index contributed by atoms with van der Waals surface area (Å²) in [5.74, 6) is 1.52. The Morgan fingerprint density at radius 2 is 1.55 bits per heavy atom. The van der Waals surface area contributed by atoms with Gasteiger partial charge in [0, 0.05) is 48.2 Å². The van der Waals surface area contributed by atoms with E-state index in [0.29, 0.717) is 35.9 Å². The zero-order chi connectivity index (χ0) is 23.9. The molecule has 1 atom stereocenters. The van der Waals surface area contributed by atoms with Crippen LogP contribution < -0.4 is 14.4 Å². The highest BCUT2D eigenvalue weighted by Gasteiger charge is 2.44. The van der Waals surface area contributed by atoms with Gasteiger partial charge in [0.2, 0.25) is 5.91 Å². The fourth-order valence-corrected chi connectivity index (χ4v) is 5.03. The van der Waals surface area contributed by atoms with Crippen molar-refractivity contribution in [2.24, 2.45) is 5.41 Å². The predicted molar refractivity (Wildman–Crippen MR) is 130 cm³/mol. The Labute approximate surface area is 196 Å². The van der Waals surface area contributed by atoms with Crippen molar-refractivity contribution in [3.05, 3.63) is 64.9 Å². The molecule has 2 aliphatic rings. The van der Waals surface area contributed by atoms with Crippen molar-refractivity contribution in [3.8, 4) is 11.5 Å². The van der Waals surface area contributed by atoms with E-state index in [1.165, 1.54) is 5.56 Å². The average molecular weight is 448 g/mol. The summed E-state index contributed by atoms with van der Waals surface area (Å²) in [5.41, 5.74) is 4.30. The van der Waals surface area contributed by atoms with Crippen LogP contribution in [0.3, 0.4) is 0 Å². The lowest BCUT2D eigenvalue weighted by Crippen LogP contribution is -2.43. The molecule has 0 aromatic heterocycles. The van der Waals surface area contributed by atoms with Gasteiger partial charge in [-0.1, -0.05) is 52.0 Å². The normalized spacial score (nSPS) is 20.2. The Bertz CT molecular complexity index is 1090. The first-order valence-corrected chi connectivity index (χ1v) is 11.6. The first kappa shape index (κ1) is 23.1. The summed E-state index contributed by atoms with van der Waals surface area (Å²) < 4.78 is 10.9. The Kier molecular flexibility index (Phi) is 6.08. The van der Waals surface area contributed by atoms with Crippen molar-refractivity contribution < 1.29 is 19.1 Å². The smallest absolute Gasteiger partial charge is 0.232 e. The molecule has 1 amide bonds. The second kappa shape index (κ2) is 8.69. The van der Waals surface area contributed by atoms with E-state index in [-0.39, 0.29) is 29.4 Å². The van der Waals surface area contributed by atoms with E-state index in [4.69, 9.17) is 9.47 Å². The number of hydrogen-bond acceptors (Lipinski definition) is 4. The second-order valence-corrected chi connectivity index (χ2v) is 10.2. The minimum absolute atomic E-state index is 0.0208. The fourth-order valence-electron chi connectivity index (χ4n) is 5.03. The summed E-state index contributed by atoms with van der Waals surface area (Å²) >= 11 is 0. The van der Waals surface area contributed by atoms with Gasteiger partial charge in [0.15, 0.2) is 5.78 Å². The van der Waals surface area contributed by atoms with E-state index in [1.807, 2.05) is 12.1 Å². The third-order valence-corrected chi connectivity index (χ3v) is 6.74. The fraction of sp³-hybridized carbons (Fsp3) is 0.429. The molecule has 2 aromatic carbocycles. The van der Waals surface area contributed by atoms with E-state index in [0.717, 1.165) is 16.8 Å². The lowest BCUT2D eigenvalue weighted by atomic mass is 9.69. The Hall–Kier alpha value is -3.08. The average Bonchev–Trinajstić information content (AvgIpc) is 2.77. The Morgan fingerprint density at radius 1 is 0.939 bits per heavy atom. The number of hydrogen-bond donors (Lipinski definition) is 0. The molecular weight excluding hydrogens is 414 g/mol. The molecule has 1 heterocycles. The van der Waals surface area contributed by atoms with Crippen molar-refractivity contribution in [3.63, 3.8) is 0 Å². The predicted octanol–water partition coefficient (Wildman–Crippen LogP) is 5.99. The van der Waals surface area contributed by atoms with Gasteiger partial charge in [0.25, 0.3) is 0 Å². The summed E-state index contributed by atoms with van der Waals surface area (Å²) in [7, 11) is 3.18. The van der Waals surface area contributed by atoms with Crippen LogP contribution in [0.5, 0.6) is 11.5 Å². The van der Waals surface area contributed by atoms with Gasteiger partial charge in [0.1, 0.15) is 11.5 Å². The van der Waals surface area contributed by atoms with E-state index < -0.39 is 0 Å². The molecule has 174 valence electrons. The third-order valence-electron chi connectivity index (χ3n) is 6.74. The molecule has 1 aliphatic carbocycles. The summed E-state index contributed by atoms with van der Waals surface area (Å²) in [6.45, 7) is 8.49. The van der Waals surface area contributed by atoms with Crippen LogP contribution in [-0.4, -0.2) is 25.9 Å². The van der Waals surface area contributed by atoms with Crippen LogP contribution in [-0.2, 0) is 9.59 Å². The molecule has 0 bridgehead atoms. The highest BCUT2D eigenvalue weighted by Crippen LogP contribution is 2.48. The Morgan fingerprint density at radius 3 is 2.09 bits per heavy atom. The van der Waals surface area contributed by atoms with Crippen molar-refractivity contribution in [1.82, 2.24) is 0 Å². The van der Waals surface area contributed by atoms with Gasteiger partial charge >= 0.3 is 0 Å². The molecule has 5 heteroatoms. The van der Waals surface area contributed by atoms with E-state index in [1.54, 1.807) is 25.2 Å². The number of carbonyl (C=O) groups excluding carboxylic acids is 2. The second-order valence-electron chi connectivity index (χ2n) is 10.2. The third kappa shape index (κ3) is 4.41. The minimum atomic E-state index is -0.221. The number of methoxy groups -OCH3 is 2. The van der Waals surface area contributed by atoms with E-state index in [2.05, 4.69) is 52.0 Å². The number of carbonyl (C=O) groups is 2. The lowest BCUT2D eigenvalue weighted by molar-refractivity contribution is -0.121. The molecule has 0 radical (unpaired) electrons. The molecule has 4 rings (SSSR count). The van der Waals surface area contributed by atoms with Gasteiger partial charge in [-0.15, -0.1) is 0 Å². The number of anilines is 1. The molecule has 0 spiro atoms. The quantitative estimate of drug-likeness (QED) is 0.565. The summed E-state index contributed by atoms with van der Waals surface area (Å²) in [4.78, 5) is 28.8. The maximum absolute atomic E-state index is 13.6. The minimum Gasteiger partial charge on any atom is -0.497 e. The molecule has 0 saturated heterocycles. The SMILES string of the molecule is COc1cc(OC)cc(N2C(=O)CC(c3ccc(C(C)C)cc3)C3=C2CC(C)(C)CC3=O)c1. The van der Waals surface area contributed by atoms with Crippen LogP contribution in [0.4, 0.5) is 5.69 Å². The van der Waals surface area contributed by atoms with Crippen molar-refractivity contribution >= 4 is 17.4 Å². The van der Waals surface area contributed by atoms with Crippen molar-refractivity contribution in [1.29, 1.82) is 0 Å². The summed E-state index contributed by atoms with van der Waals surface area (Å²) in [6.07, 6.45) is 1.39. The van der Waals surface area contributed by atoms with Crippen LogP contribution in [0.1, 0.15) is 69.9 Å². The number of rotatable bonds is 5. The molecule has 0 N–H and O–H groups in total. The van der Waals surface area contributed by atoms with Gasteiger partial charge < -0.3 is 9.47 Å². The molecular formula is C28H33NO4. The van der Waals surface area contributed by atoms with Crippen LogP contribution in [0.25, 0.3) is 0 Å². The zero-order valence-electron chi connectivity index (χ0n) is 20.4. The number of amides is 1. The van der Waals surface area contributed by atoms with Gasteiger partial charge in [-0.05, 0) is 28.9 Å². The van der Waals surface area contributed by atoms with Crippen molar-refractivity contribution in [2.45, 2.75) is 58.8 Å².